The summed E-state index contributed by atoms with van der Waals surface area (Å²) in [6, 6.07) is 7.44. The van der Waals surface area contributed by atoms with Crippen LogP contribution in [0.2, 0.25) is 0 Å². The van der Waals surface area contributed by atoms with Gasteiger partial charge in [0.05, 0.1) is 7.11 Å². The molecule has 0 heterocycles. The van der Waals surface area contributed by atoms with Crippen molar-refractivity contribution in [2.75, 3.05) is 7.11 Å². The maximum atomic E-state index is 5.37. The van der Waals surface area contributed by atoms with Crippen LogP contribution in [0.5, 0.6) is 5.75 Å². The van der Waals surface area contributed by atoms with E-state index < -0.39 is 0 Å². The smallest absolute Gasteiger partial charge is 0.122 e. The first kappa shape index (κ1) is 11.9. The zero-order valence-electron chi connectivity index (χ0n) is 9.79. The van der Waals surface area contributed by atoms with Crippen LogP contribution in [0.1, 0.15) is 25.3 Å². The third-order valence-electron chi connectivity index (χ3n) is 2.87. The topological polar surface area (TPSA) is 21.3 Å². The van der Waals surface area contributed by atoms with Crippen molar-refractivity contribution in [1.29, 1.82) is 0 Å². The summed E-state index contributed by atoms with van der Waals surface area (Å²) in [6.07, 6.45) is 3.68. The van der Waals surface area contributed by atoms with E-state index in [2.05, 4.69) is 34.2 Å². The highest BCUT2D eigenvalue weighted by Crippen LogP contribution is 2.25. The molecule has 1 fully saturated rings. The van der Waals surface area contributed by atoms with Gasteiger partial charge in [0.2, 0.25) is 0 Å². The first-order valence-corrected chi connectivity index (χ1v) is 6.57. The number of hydrogen-bond donors (Lipinski definition) is 1. The second-order valence-corrected chi connectivity index (χ2v) is 5.42. The number of hydrogen-bond acceptors (Lipinski definition) is 2. The number of nitrogens with one attached hydrogen (secondary N) is 1. The molecule has 88 valence electrons. The Morgan fingerprint density at radius 2 is 2.25 bits per heavy atom. The maximum absolute atomic E-state index is 5.37. The molecule has 0 radical (unpaired) electrons. The Morgan fingerprint density at radius 3 is 2.88 bits per heavy atom. The lowest BCUT2D eigenvalue weighted by molar-refractivity contribution is 0.405. The van der Waals surface area contributed by atoms with Gasteiger partial charge in [0.25, 0.3) is 0 Å². The first-order chi connectivity index (χ1) is 7.69. The quantitative estimate of drug-likeness (QED) is 0.897. The summed E-state index contributed by atoms with van der Waals surface area (Å²) in [4.78, 5) is 0. The van der Waals surface area contributed by atoms with E-state index in [9.17, 15) is 0 Å². The molecule has 1 atom stereocenters. The summed E-state index contributed by atoms with van der Waals surface area (Å²) in [5.74, 6) is 0.979. The molecule has 0 amide bonds. The molecule has 0 saturated heterocycles. The zero-order chi connectivity index (χ0) is 11.5. The zero-order valence-corrected chi connectivity index (χ0v) is 11.4. The van der Waals surface area contributed by atoms with Crippen LogP contribution in [0.25, 0.3) is 0 Å². The van der Waals surface area contributed by atoms with E-state index in [1.54, 1.807) is 7.11 Å². The highest BCUT2D eigenvalue weighted by atomic mass is 79.9. The van der Waals surface area contributed by atoms with Gasteiger partial charge in [-0.15, -0.1) is 0 Å². The second-order valence-electron chi connectivity index (χ2n) is 4.50. The van der Waals surface area contributed by atoms with Crippen molar-refractivity contribution in [2.45, 2.75) is 38.3 Å². The minimum Gasteiger partial charge on any atom is -0.496 e. The van der Waals surface area contributed by atoms with Gasteiger partial charge in [-0.2, -0.15) is 0 Å². The van der Waals surface area contributed by atoms with Crippen molar-refractivity contribution in [2.24, 2.45) is 0 Å². The molecule has 1 saturated carbocycles. The fourth-order valence-electron chi connectivity index (χ4n) is 1.95. The largest absolute Gasteiger partial charge is 0.496 e. The van der Waals surface area contributed by atoms with Crippen molar-refractivity contribution < 1.29 is 4.74 Å². The molecule has 0 aliphatic heterocycles. The lowest BCUT2D eigenvalue weighted by Gasteiger charge is -2.15. The van der Waals surface area contributed by atoms with E-state index in [-0.39, 0.29) is 0 Å². The summed E-state index contributed by atoms with van der Waals surface area (Å²) in [5.41, 5.74) is 1.26. The Bertz CT molecular complexity index is 363. The summed E-state index contributed by atoms with van der Waals surface area (Å²) in [5, 5.41) is 3.60. The normalized spacial score (nSPS) is 17.2. The van der Waals surface area contributed by atoms with Gasteiger partial charge in [-0.25, -0.2) is 0 Å². The van der Waals surface area contributed by atoms with Crippen LogP contribution in [0.3, 0.4) is 0 Å². The minimum atomic E-state index is 0.510. The SMILES string of the molecule is COc1ccc(Br)cc1CC(C)NC1CC1. The Morgan fingerprint density at radius 1 is 1.50 bits per heavy atom. The second kappa shape index (κ2) is 5.19. The highest BCUT2D eigenvalue weighted by Gasteiger charge is 2.23. The third kappa shape index (κ3) is 3.22. The molecule has 2 rings (SSSR count). The lowest BCUT2D eigenvalue weighted by atomic mass is 10.1. The van der Waals surface area contributed by atoms with Gasteiger partial charge in [-0.1, -0.05) is 15.9 Å². The molecule has 1 aliphatic rings. The van der Waals surface area contributed by atoms with Gasteiger partial charge >= 0.3 is 0 Å². The number of benzene rings is 1. The van der Waals surface area contributed by atoms with Crippen molar-refractivity contribution >= 4 is 15.9 Å². The van der Waals surface area contributed by atoms with Crippen LogP contribution in [0.4, 0.5) is 0 Å². The van der Waals surface area contributed by atoms with Crippen molar-refractivity contribution in [1.82, 2.24) is 5.32 Å². The van der Waals surface area contributed by atoms with Crippen LogP contribution < -0.4 is 10.1 Å². The summed E-state index contributed by atoms with van der Waals surface area (Å²) < 4.78 is 6.49. The molecule has 2 nitrogen and oxygen atoms in total. The molecule has 16 heavy (non-hydrogen) atoms. The maximum Gasteiger partial charge on any atom is 0.122 e. The predicted molar refractivity (Wildman–Crippen MR) is 70.0 cm³/mol. The fraction of sp³-hybridized carbons (Fsp3) is 0.538. The molecule has 1 N–H and O–H groups in total. The number of methoxy groups -OCH3 is 1. The van der Waals surface area contributed by atoms with Crippen LogP contribution in [-0.4, -0.2) is 19.2 Å². The number of rotatable bonds is 5. The minimum absolute atomic E-state index is 0.510. The molecule has 1 aliphatic carbocycles. The van der Waals surface area contributed by atoms with E-state index in [4.69, 9.17) is 4.74 Å². The average Bonchev–Trinajstić information content (AvgIpc) is 3.02. The molecule has 0 aromatic heterocycles. The molecule has 3 heteroatoms. The summed E-state index contributed by atoms with van der Waals surface area (Å²) >= 11 is 3.50. The third-order valence-corrected chi connectivity index (χ3v) is 3.36. The molecule has 1 unspecified atom stereocenters. The summed E-state index contributed by atoms with van der Waals surface area (Å²) in [6.45, 7) is 2.23. The van der Waals surface area contributed by atoms with Crippen molar-refractivity contribution in [3.05, 3.63) is 28.2 Å². The van der Waals surface area contributed by atoms with Crippen LogP contribution in [0, 0.1) is 0 Å². The highest BCUT2D eigenvalue weighted by molar-refractivity contribution is 9.10. The molecular formula is C13H18BrNO. The van der Waals surface area contributed by atoms with Crippen LogP contribution in [-0.2, 0) is 6.42 Å². The van der Waals surface area contributed by atoms with Gasteiger partial charge in [0.1, 0.15) is 5.75 Å². The van der Waals surface area contributed by atoms with Gasteiger partial charge in [-0.3, -0.25) is 0 Å². The van der Waals surface area contributed by atoms with E-state index in [0.717, 1.165) is 22.7 Å². The fourth-order valence-corrected chi connectivity index (χ4v) is 2.36. The van der Waals surface area contributed by atoms with Crippen LogP contribution >= 0.6 is 15.9 Å². The average molecular weight is 284 g/mol. The Hall–Kier alpha value is -0.540. The first-order valence-electron chi connectivity index (χ1n) is 5.77. The van der Waals surface area contributed by atoms with Gasteiger partial charge < -0.3 is 10.1 Å². The molecule has 0 spiro atoms. The van der Waals surface area contributed by atoms with Gasteiger partial charge in [-0.05, 0) is 49.9 Å². The Labute approximate surface area is 106 Å². The summed E-state index contributed by atoms with van der Waals surface area (Å²) in [7, 11) is 1.73. The van der Waals surface area contributed by atoms with Gasteiger partial charge in [0, 0.05) is 16.6 Å². The Kier molecular flexibility index (Phi) is 3.87. The van der Waals surface area contributed by atoms with E-state index in [1.165, 1.54) is 18.4 Å². The predicted octanol–water partition coefficient (Wildman–Crippen LogP) is 3.14. The number of halogens is 1. The Balaban J connectivity index is 2.02. The number of ether oxygens (including phenoxy) is 1. The van der Waals surface area contributed by atoms with E-state index in [1.807, 2.05) is 12.1 Å². The van der Waals surface area contributed by atoms with Gasteiger partial charge in [0.15, 0.2) is 0 Å². The van der Waals surface area contributed by atoms with E-state index >= 15 is 0 Å². The van der Waals surface area contributed by atoms with Crippen molar-refractivity contribution in [3.8, 4) is 5.75 Å². The van der Waals surface area contributed by atoms with Crippen LogP contribution in [0.15, 0.2) is 22.7 Å². The molecule has 1 aromatic carbocycles. The molecule has 0 bridgehead atoms. The molecule has 1 aromatic rings. The van der Waals surface area contributed by atoms with Crippen molar-refractivity contribution in [3.63, 3.8) is 0 Å². The standard InChI is InChI=1S/C13H18BrNO/c1-9(15-12-4-5-12)7-10-8-11(14)3-6-13(10)16-2/h3,6,8-9,12,15H,4-5,7H2,1-2H3. The monoisotopic (exact) mass is 283 g/mol. The lowest BCUT2D eigenvalue weighted by Crippen LogP contribution is -2.30. The van der Waals surface area contributed by atoms with E-state index in [0.29, 0.717) is 6.04 Å². The molecular weight excluding hydrogens is 266 g/mol.